The molecule has 0 saturated carbocycles. The van der Waals surface area contributed by atoms with Gasteiger partial charge in [-0.1, -0.05) is 6.08 Å². The average Bonchev–Trinajstić information content (AvgIpc) is 2.58. The topological polar surface area (TPSA) is 17.3 Å². The first-order valence-electron chi connectivity index (χ1n) is 3.92. The minimum Gasteiger partial charge on any atom is -0.297 e. The zero-order chi connectivity index (χ0) is 8.39. The molecule has 0 unspecified atom stereocenters. The first kappa shape index (κ1) is 7.55. The number of rotatable bonds is 3. The van der Waals surface area contributed by atoms with E-state index < -0.39 is 0 Å². The maximum Gasteiger partial charge on any atom is 0.193 e. The molecule has 2 nitrogen and oxygen atoms in total. The monoisotopic (exact) mass is 178 g/mol. The SMILES string of the molecule is C=CCCc1cn2ccsc2n1. The van der Waals surface area contributed by atoms with Crippen LogP contribution in [0.3, 0.4) is 0 Å². The molecule has 12 heavy (non-hydrogen) atoms. The predicted molar refractivity (Wildman–Crippen MR) is 51.6 cm³/mol. The van der Waals surface area contributed by atoms with Gasteiger partial charge in [0, 0.05) is 17.8 Å². The highest BCUT2D eigenvalue weighted by atomic mass is 32.1. The van der Waals surface area contributed by atoms with Gasteiger partial charge < -0.3 is 0 Å². The Hall–Kier alpha value is -1.09. The third-order valence-corrected chi connectivity index (χ3v) is 2.52. The van der Waals surface area contributed by atoms with E-state index in [1.165, 1.54) is 0 Å². The Kier molecular flexibility index (Phi) is 1.96. The van der Waals surface area contributed by atoms with Crippen LogP contribution in [0, 0.1) is 0 Å². The van der Waals surface area contributed by atoms with E-state index in [4.69, 9.17) is 0 Å². The molecule has 0 aliphatic heterocycles. The fourth-order valence-corrected chi connectivity index (χ4v) is 1.87. The second-order valence-electron chi connectivity index (χ2n) is 2.65. The van der Waals surface area contributed by atoms with Crippen molar-refractivity contribution in [3.63, 3.8) is 0 Å². The van der Waals surface area contributed by atoms with Crippen LogP contribution < -0.4 is 0 Å². The third-order valence-electron chi connectivity index (χ3n) is 1.75. The van der Waals surface area contributed by atoms with E-state index in [1.807, 2.05) is 17.7 Å². The third kappa shape index (κ3) is 1.28. The fourth-order valence-electron chi connectivity index (χ4n) is 1.15. The summed E-state index contributed by atoms with van der Waals surface area (Å²) in [7, 11) is 0. The number of nitrogens with zero attached hydrogens (tertiary/aromatic N) is 2. The molecule has 2 aromatic heterocycles. The summed E-state index contributed by atoms with van der Waals surface area (Å²) in [5.41, 5.74) is 1.15. The fraction of sp³-hybridized carbons (Fsp3) is 0.222. The summed E-state index contributed by atoms with van der Waals surface area (Å²) in [5, 5.41) is 2.04. The second kappa shape index (κ2) is 3.11. The van der Waals surface area contributed by atoms with E-state index in [2.05, 4.69) is 22.2 Å². The number of aromatic nitrogens is 2. The predicted octanol–water partition coefficient (Wildman–Crippen LogP) is 2.51. The van der Waals surface area contributed by atoms with Crippen LogP contribution in [0.5, 0.6) is 0 Å². The van der Waals surface area contributed by atoms with E-state index in [0.29, 0.717) is 0 Å². The van der Waals surface area contributed by atoms with Gasteiger partial charge in [0.05, 0.1) is 5.69 Å². The van der Waals surface area contributed by atoms with Crippen molar-refractivity contribution in [3.8, 4) is 0 Å². The Balaban J connectivity index is 2.26. The van der Waals surface area contributed by atoms with Gasteiger partial charge in [-0.3, -0.25) is 4.40 Å². The van der Waals surface area contributed by atoms with Crippen LogP contribution in [0.2, 0.25) is 0 Å². The molecule has 0 spiro atoms. The number of hydrogen-bond acceptors (Lipinski definition) is 2. The number of allylic oxidation sites excluding steroid dienone is 1. The highest BCUT2D eigenvalue weighted by Gasteiger charge is 1.99. The van der Waals surface area contributed by atoms with Crippen molar-refractivity contribution in [1.29, 1.82) is 0 Å². The summed E-state index contributed by atoms with van der Waals surface area (Å²) in [6, 6.07) is 0. The van der Waals surface area contributed by atoms with Gasteiger partial charge in [-0.15, -0.1) is 17.9 Å². The molecular formula is C9H10N2S. The van der Waals surface area contributed by atoms with Crippen LogP contribution in [-0.2, 0) is 6.42 Å². The Labute approximate surface area is 75.2 Å². The van der Waals surface area contributed by atoms with E-state index in [0.717, 1.165) is 23.5 Å². The Bertz CT molecular complexity index is 357. The quantitative estimate of drug-likeness (QED) is 0.660. The van der Waals surface area contributed by atoms with E-state index in [1.54, 1.807) is 11.3 Å². The molecule has 0 bridgehead atoms. The Morgan fingerprint density at radius 2 is 2.58 bits per heavy atom. The summed E-state index contributed by atoms with van der Waals surface area (Å²) in [5.74, 6) is 0. The standard InChI is InChI=1S/C9H10N2S/c1-2-3-4-8-7-11-5-6-12-9(11)10-8/h2,5-7H,1,3-4H2. The van der Waals surface area contributed by atoms with E-state index >= 15 is 0 Å². The van der Waals surface area contributed by atoms with E-state index in [9.17, 15) is 0 Å². The van der Waals surface area contributed by atoms with Crippen molar-refractivity contribution < 1.29 is 0 Å². The van der Waals surface area contributed by atoms with Crippen LogP contribution in [0.15, 0.2) is 30.4 Å². The van der Waals surface area contributed by atoms with Crippen molar-refractivity contribution in [2.45, 2.75) is 12.8 Å². The number of hydrogen-bond donors (Lipinski definition) is 0. The molecule has 0 aliphatic rings. The maximum absolute atomic E-state index is 4.44. The lowest BCUT2D eigenvalue weighted by atomic mass is 10.2. The molecule has 2 heterocycles. The molecule has 0 amide bonds. The summed E-state index contributed by atoms with van der Waals surface area (Å²) < 4.78 is 2.06. The number of thiazole rings is 1. The number of imidazole rings is 1. The molecule has 3 heteroatoms. The molecule has 0 atom stereocenters. The number of fused-ring (bicyclic) bond motifs is 1. The summed E-state index contributed by atoms with van der Waals surface area (Å²) in [4.78, 5) is 5.52. The molecule has 0 saturated heterocycles. The molecule has 2 rings (SSSR count). The highest BCUT2D eigenvalue weighted by molar-refractivity contribution is 7.15. The highest BCUT2D eigenvalue weighted by Crippen LogP contribution is 2.12. The van der Waals surface area contributed by atoms with Crippen LogP contribution >= 0.6 is 11.3 Å². The van der Waals surface area contributed by atoms with Crippen LogP contribution in [0.25, 0.3) is 4.96 Å². The van der Waals surface area contributed by atoms with Crippen LogP contribution in [0.4, 0.5) is 0 Å². The molecular weight excluding hydrogens is 168 g/mol. The van der Waals surface area contributed by atoms with Crippen molar-refractivity contribution in [2.75, 3.05) is 0 Å². The van der Waals surface area contributed by atoms with Gasteiger partial charge >= 0.3 is 0 Å². The lowest BCUT2D eigenvalue weighted by Crippen LogP contribution is -1.81. The summed E-state index contributed by atoms with van der Waals surface area (Å²) in [6.45, 7) is 3.69. The zero-order valence-corrected chi connectivity index (χ0v) is 7.55. The second-order valence-corrected chi connectivity index (χ2v) is 3.53. The van der Waals surface area contributed by atoms with Gasteiger partial charge in [0.15, 0.2) is 4.96 Å². The van der Waals surface area contributed by atoms with Crippen molar-refractivity contribution >= 4 is 16.3 Å². The van der Waals surface area contributed by atoms with Gasteiger partial charge in [-0.25, -0.2) is 4.98 Å². The largest absolute Gasteiger partial charge is 0.297 e. The van der Waals surface area contributed by atoms with Crippen molar-refractivity contribution in [2.24, 2.45) is 0 Å². The van der Waals surface area contributed by atoms with Crippen LogP contribution in [0.1, 0.15) is 12.1 Å². The van der Waals surface area contributed by atoms with Gasteiger partial charge in [0.25, 0.3) is 0 Å². The minimum atomic E-state index is 0.998. The lowest BCUT2D eigenvalue weighted by Gasteiger charge is -1.87. The van der Waals surface area contributed by atoms with Crippen molar-refractivity contribution in [3.05, 3.63) is 36.1 Å². The molecule has 0 radical (unpaired) electrons. The van der Waals surface area contributed by atoms with Gasteiger partial charge in [-0.05, 0) is 12.8 Å². The first-order valence-corrected chi connectivity index (χ1v) is 4.80. The Morgan fingerprint density at radius 1 is 1.67 bits per heavy atom. The van der Waals surface area contributed by atoms with Gasteiger partial charge in [0.2, 0.25) is 0 Å². The van der Waals surface area contributed by atoms with Gasteiger partial charge in [0.1, 0.15) is 0 Å². The summed E-state index contributed by atoms with van der Waals surface area (Å²) in [6.07, 6.45) is 8.04. The molecule has 0 fully saturated rings. The lowest BCUT2D eigenvalue weighted by molar-refractivity contribution is 0.963. The molecule has 0 aliphatic carbocycles. The zero-order valence-electron chi connectivity index (χ0n) is 6.73. The van der Waals surface area contributed by atoms with Gasteiger partial charge in [-0.2, -0.15) is 0 Å². The Morgan fingerprint density at radius 3 is 3.33 bits per heavy atom. The molecule has 0 N–H and O–H groups in total. The maximum atomic E-state index is 4.44. The normalized spacial score (nSPS) is 10.7. The number of aryl methyl sites for hydroxylation is 1. The van der Waals surface area contributed by atoms with E-state index in [-0.39, 0.29) is 0 Å². The first-order chi connectivity index (χ1) is 5.90. The molecule has 62 valence electrons. The van der Waals surface area contributed by atoms with Crippen molar-refractivity contribution in [1.82, 2.24) is 9.38 Å². The smallest absolute Gasteiger partial charge is 0.193 e. The summed E-state index contributed by atoms with van der Waals surface area (Å²) >= 11 is 1.67. The minimum absolute atomic E-state index is 0.998. The average molecular weight is 178 g/mol. The van der Waals surface area contributed by atoms with Crippen LogP contribution in [-0.4, -0.2) is 9.38 Å². The molecule has 2 aromatic rings. The molecule has 0 aromatic carbocycles.